The highest BCUT2D eigenvalue weighted by atomic mass is 35.5. The van der Waals surface area contributed by atoms with Gasteiger partial charge in [-0.25, -0.2) is 0 Å². The number of rotatable bonds is 3. The Morgan fingerprint density at radius 3 is 2.88 bits per heavy atom. The second kappa shape index (κ2) is 4.68. The van der Waals surface area contributed by atoms with Crippen molar-refractivity contribution in [3.8, 4) is 11.3 Å². The summed E-state index contributed by atoms with van der Waals surface area (Å²) in [6.07, 6.45) is 0. The lowest BCUT2D eigenvalue weighted by Crippen LogP contribution is -2.12. The minimum atomic E-state index is 0.177. The Hall–Kier alpha value is -1.32. The Bertz CT molecular complexity index is 481. The molecule has 0 saturated carbocycles. The van der Waals surface area contributed by atoms with E-state index in [0.29, 0.717) is 5.02 Å². The normalized spacial score (nSPS) is 12.7. The van der Waals surface area contributed by atoms with Crippen molar-refractivity contribution in [3.63, 3.8) is 0 Å². The monoisotopic (exact) mass is 236 g/mol. The molecule has 84 valence electrons. The quantitative estimate of drug-likeness (QED) is 0.889. The SMILES string of the molecule is CNC(C)c1cc(-c2cccc(Cl)c2)on1. The maximum Gasteiger partial charge on any atom is 0.167 e. The van der Waals surface area contributed by atoms with E-state index in [2.05, 4.69) is 10.5 Å². The Labute approximate surface area is 99.4 Å². The Morgan fingerprint density at radius 2 is 2.19 bits per heavy atom. The highest BCUT2D eigenvalue weighted by molar-refractivity contribution is 6.30. The average molecular weight is 237 g/mol. The van der Waals surface area contributed by atoms with Gasteiger partial charge in [-0.05, 0) is 26.1 Å². The van der Waals surface area contributed by atoms with E-state index in [-0.39, 0.29) is 6.04 Å². The molecule has 1 heterocycles. The minimum Gasteiger partial charge on any atom is -0.356 e. The Balaban J connectivity index is 2.31. The molecule has 0 spiro atoms. The van der Waals surface area contributed by atoms with Gasteiger partial charge >= 0.3 is 0 Å². The molecule has 16 heavy (non-hydrogen) atoms. The lowest BCUT2D eigenvalue weighted by atomic mass is 10.1. The summed E-state index contributed by atoms with van der Waals surface area (Å²) >= 11 is 5.92. The van der Waals surface area contributed by atoms with Crippen molar-refractivity contribution in [2.45, 2.75) is 13.0 Å². The standard InChI is InChI=1S/C12H13ClN2O/c1-8(14-2)11-7-12(16-15-11)9-4-3-5-10(13)6-9/h3-8,14H,1-2H3. The molecule has 0 aliphatic rings. The van der Waals surface area contributed by atoms with Gasteiger partial charge in [0, 0.05) is 22.7 Å². The van der Waals surface area contributed by atoms with Crippen LogP contribution in [0.4, 0.5) is 0 Å². The highest BCUT2D eigenvalue weighted by Gasteiger charge is 2.11. The van der Waals surface area contributed by atoms with Crippen molar-refractivity contribution in [2.75, 3.05) is 7.05 Å². The van der Waals surface area contributed by atoms with E-state index in [4.69, 9.17) is 16.1 Å². The van der Waals surface area contributed by atoms with Crippen LogP contribution >= 0.6 is 11.6 Å². The first-order valence-electron chi connectivity index (χ1n) is 5.10. The average Bonchev–Trinajstić information content (AvgIpc) is 2.77. The molecular weight excluding hydrogens is 224 g/mol. The predicted molar refractivity (Wildman–Crippen MR) is 64.4 cm³/mol. The van der Waals surface area contributed by atoms with Crippen molar-refractivity contribution in [1.82, 2.24) is 10.5 Å². The number of nitrogens with zero attached hydrogens (tertiary/aromatic N) is 1. The molecule has 2 rings (SSSR count). The zero-order valence-electron chi connectivity index (χ0n) is 9.20. The second-order valence-corrected chi connectivity index (χ2v) is 4.07. The van der Waals surface area contributed by atoms with Crippen molar-refractivity contribution in [1.29, 1.82) is 0 Å². The van der Waals surface area contributed by atoms with Crippen LogP contribution < -0.4 is 5.32 Å². The first-order valence-corrected chi connectivity index (χ1v) is 5.48. The van der Waals surface area contributed by atoms with Crippen LogP contribution in [0.1, 0.15) is 18.7 Å². The number of halogens is 1. The fourth-order valence-corrected chi connectivity index (χ4v) is 1.61. The van der Waals surface area contributed by atoms with Gasteiger partial charge in [0.05, 0.1) is 0 Å². The van der Waals surface area contributed by atoms with Gasteiger partial charge in [0.2, 0.25) is 0 Å². The van der Waals surface area contributed by atoms with Gasteiger partial charge in [-0.2, -0.15) is 0 Å². The molecule has 1 aromatic heterocycles. The van der Waals surface area contributed by atoms with Crippen LogP contribution in [-0.2, 0) is 0 Å². The second-order valence-electron chi connectivity index (χ2n) is 3.64. The van der Waals surface area contributed by atoms with Crippen molar-refractivity contribution in [2.24, 2.45) is 0 Å². The van der Waals surface area contributed by atoms with Crippen LogP contribution in [0.25, 0.3) is 11.3 Å². The lowest BCUT2D eigenvalue weighted by Gasteiger charge is -2.02. The predicted octanol–water partition coefficient (Wildman–Crippen LogP) is 3.28. The fourth-order valence-electron chi connectivity index (χ4n) is 1.42. The van der Waals surface area contributed by atoms with Gasteiger partial charge < -0.3 is 9.84 Å². The molecule has 0 aliphatic carbocycles. The molecule has 0 amide bonds. The summed E-state index contributed by atoms with van der Waals surface area (Å²) in [7, 11) is 1.89. The van der Waals surface area contributed by atoms with Crippen LogP contribution in [0.5, 0.6) is 0 Å². The van der Waals surface area contributed by atoms with E-state index in [1.54, 1.807) is 0 Å². The van der Waals surface area contributed by atoms with E-state index in [9.17, 15) is 0 Å². The summed E-state index contributed by atoms with van der Waals surface area (Å²) in [5.41, 5.74) is 1.83. The first-order chi connectivity index (χ1) is 7.70. The number of aromatic nitrogens is 1. The number of benzene rings is 1. The van der Waals surface area contributed by atoms with Crippen molar-refractivity contribution < 1.29 is 4.52 Å². The van der Waals surface area contributed by atoms with E-state index in [1.165, 1.54) is 0 Å². The molecule has 1 N–H and O–H groups in total. The summed E-state index contributed by atoms with van der Waals surface area (Å²) in [5.74, 6) is 0.736. The first kappa shape index (κ1) is 11.2. The molecule has 0 fully saturated rings. The van der Waals surface area contributed by atoms with Gasteiger partial charge in [-0.3, -0.25) is 0 Å². The smallest absolute Gasteiger partial charge is 0.167 e. The summed E-state index contributed by atoms with van der Waals surface area (Å²) in [5, 5.41) is 7.81. The summed E-state index contributed by atoms with van der Waals surface area (Å²) in [4.78, 5) is 0. The van der Waals surface area contributed by atoms with E-state index in [0.717, 1.165) is 17.0 Å². The molecule has 1 unspecified atom stereocenters. The van der Waals surface area contributed by atoms with Crippen molar-refractivity contribution in [3.05, 3.63) is 41.0 Å². The third-order valence-electron chi connectivity index (χ3n) is 2.51. The summed E-state index contributed by atoms with van der Waals surface area (Å²) < 4.78 is 5.28. The van der Waals surface area contributed by atoms with Crippen LogP contribution in [-0.4, -0.2) is 12.2 Å². The zero-order valence-corrected chi connectivity index (χ0v) is 9.95. The molecule has 0 bridgehead atoms. The van der Waals surface area contributed by atoms with Gasteiger partial charge in [0.25, 0.3) is 0 Å². The maximum atomic E-state index is 5.92. The molecule has 0 saturated heterocycles. The number of nitrogens with one attached hydrogen (secondary N) is 1. The van der Waals surface area contributed by atoms with Gasteiger partial charge in [-0.1, -0.05) is 28.9 Å². The molecule has 0 radical (unpaired) electrons. The third kappa shape index (κ3) is 2.26. The van der Waals surface area contributed by atoms with Crippen molar-refractivity contribution >= 4 is 11.6 Å². The summed E-state index contributed by atoms with van der Waals surface area (Å²) in [6.45, 7) is 2.03. The maximum absolute atomic E-state index is 5.92. The lowest BCUT2D eigenvalue weighted by molar-refractivity contribution is 0.413. The van der Waals surface area contributed by atoms with E-state index >= 15 is 0 Å². The topological polar surface area (TPSA) is 38.1 Å². The Morgan fingerprint density at radius 1 is 1.38 bits per heavy atom. The molecule has 3 nitrogen and oxygen atoms in total. The Kier molecular flexibility index (Phi) is 3.27. The molecular formula is C12H13ClN2O. The zero-order chi connectivity index (χ0) is 11.5. The third-order valence-corrected chi connectivity index (χ3v) is 2.75. The molecule has 1 atom stereocenters. The van der Waals surface area contributed by atoms with Gasteiger partial charge in [-0.15, -0.1) is 0 Å². The van der Waals surface area contributed by atoms with Crippen LogP contribution in [0, 0.1) is 0 Å². The highest BCUT2D eigenvalue weighted by Crippen LogP contribution is 2.25. The fraction of sp³-hybridized carbons (Fsp3) is 0.250. The van der Waals surface area contributed by atoms with E-state index < -0.39 is 0 Å². The largest absolute Gasteiger partial charge is 0.356 e. The molecule has 0 aliphatic heterocycles. The van der Waals surface area contributed by atoms with E-state index in [1.807, 2.05) is 44.3 Å². The molecule has 4 heteroatoms. The number of hydrogen-bond acceptors (Lipinski definition) is 3. The minimum absolute atomic E-state index is 0.177. The number of hydrogen-bond donors (Lipinski definition) is 1. The molecule has 2 aromatic rings. The van der Waals surface area contributed by atoms with Crippen LogP contribution in [0.3, 0.4) is 0 Å². The van der Waals surface area contributed by atoms with Crippen LogP contribution in [0.2, 0.25) is 5.02 Å². The molecule has 1 aromatic carbocycles. The van der Waals surface area contributed by atoms with Gasteiger partial charge in [0.15, 0.2) is 5.76 Å². The summed E-state index contributed by atoms with van der Waals surface area (Å²) in [6, 6.07) is 9.62. The van der Waals surface area contributed by atoms with Crippen LogP contribution in [0.15, 0.2) is 34.9 Å². The van der Waals surface area contributed by atoms with Gasteiger partial charge in [0.1, 0.15) is 5.69 Å².